The Balaban J connectivity index is 1.79. The Hall–Kier alpha value is -2.37. The molecule has 2 N–H and O–H groups in total. The topological polar surface area (TPSA) is 80.0 Å². The number of nitrogens with zero attached hydrogens (tertiary/aromatic N) is 3. The number of carbonyl (C=O) groups is 1. The van der Waals surface area contributed by atoms with Crippen molar-refractivity contribution in [1.29, 1.82) is 0 Å². The van der Waals surface area contributed by atoms with Gasteiger partial charge >= 0.3 is 5.97 Å². The fourth-order valence-corrected chi connectivity index (χ4v) is 1.76. The van der Waals surface area contributed by atoms with E-state index in [1.807, 2.05) is 19.4 Å². The smallest absolute Gasteiger partial charge is 0.354 e. The molecule has 0 saturated heterocycles. The summed E-state index contributed by atoms with van der Waals surface area (Å²) < 4.78 is 1.78. The van der Waals surface area contributed by atoms with Crippen LogP contribution in [-0.2, 0) is 13.5 Å². The number of hydrogen-bond donors (Lipinski definition) is 2. The van der Waals surface area contributed by atoms with Crippen molar-refractivity contribution < 1.29 is 9.90 Å². The van der Waals surface area contributed by atoms with E-state index in [4.69, 9.17) is 5.11 Å². The summed E-state index contributed by atoms with van der Waals surface area (Å²) in [6, 6.07) is 4.92. The van der Waals surface area contributed by atoms with Gasteiger partial charge in [-0.05, 0) is 30.5 Å². The molecular formula is C13H16N4O2. The lowest BCUT2D eigenvalue weighted by molar-refractivity contribution is 0.0690. The molecule has 0 aromatic carbocycles. The first-order chi connectivity index (χ1) is 9.15. The monoisotopic (exact) mass is 260 g/mol. The maximum absolute atomic E-state index is 10.8. The van der Waals surface area contributed by atoms with Crippen LogP contribution in [0, 0.1) is 0 Å². The summed E-state index contributed by atoms with van der Waals surface area (Å²) in [5.74, 6) is -0.426. The van der Waals surface area contributed by atoms with E-state index in [1.165, 1.54) is 11.6 Å². The van der Waals surface area contributed by atoms with Crippen molar-refractivity contribution in [3.63, 3.8) is 0 Å². The van der Waals surface area contributed by atoms with Gasteiger partial charge in [0, 0.05) is 19.8 Å². The largest absolute Gasteiger partial charge is 0.477 e. The van der Waals surface area contributed by atoms with Crippen LogP contribution in [0.15, 0.2) is 30.6 Å². The molecule has 0 aliphatic rings. The molecule has 0 fully saturated rings. The molecule has 100 valence electrons. The zero-order valence-corrected chi connectivity index (χ0v) is 10.7. The first-order valence-electron chi connectivity index (χ1n) is 6.07. The van der Waals surface area contributed by atoms with Crippen LogP contribution in [0.1, 0.15) is 22.5 Å². The van der Waals surface area contributed by atoms with Crippen molar-refractivity contribution in [2.45, 2.75) is 12.8 Å². The highest BCUT2D eigenvalue weighted by Gasteiger charge is 2.04. The third-order valence-electron chi connectivity index (χ3n) is 2.67. The van der Waals surface area contributed by atoms with E-state index in [0.717, 1.165) is 19.4 Å². The van der Waals surface area contributed by atoms with E-state index >= 15 is 0 Å². The van der Waals surface area contributed by atoms with Crippen molar-refractivity contribution in [2.75, 3.05) is 11.9 Å². The SMILES string of the molecule is Cn1cc(CCCNc2cccc(C(=O)O)n2)cn1. The van der Waals surface area contributed by atoms with Crippen LogP contribution >= 0.6 is 0 Å². The summed E-state index contributed by atoms with van der Waals surface area (Å²) >= 11 is 0. The van der Waals surface area contributed by atoms with Gasteiger partial charge in [0.15, 0.2) is 5.69 Å². The number of aryl methyl sites for hydroxylation is 2. The molecule has 6 heteroatoms. The third kappa shape index (κ3) is 3.80. The van der Waals surface area contributed by atoms with E-state index in [-0.39, 0.29) is 5.69 Å². The molecule has 0 aliphatic carbocycles. The van der Waals surface area contributed by atoms with E-state index < -0.39 is 5.97 Å². The van der Waals surface area contributed by atoms with Gasteiger partial charge in [0.05, 0.1) is 6.20 Å². The molecule has 0 amide bonds. The summed E-state index contributed by atoms with van der Waals surface area (Å²) in [5, 5.41) is 16.1. The predicted molar refractivity (Wildman–Crippen MR) is 71.2 cm³/mol. The molecule has 0 radical (unpaired) electrons. The third-order valence-corrected chi connectivity index (χ3v) is 2.67. The summed E-state index contributed by atoms with van der Waals surface area (Å²) in [7, 11) is 1.89. The minimum Gasteiger partial charge on any atom is -0.477 e. The second-order valence-electron chi connectivity index (χ2n) is 4.27. The first kappa shape index (κ1) is 13.1. The number of anilines is 1. The van der Waals surface area contributed by atoms with Gasteiger partial charge in [-0.2, -0.15) is 5.10 Å². The maximum atomic E-state index is 10.8. The van der Waals surface area contributed by atoms with Crippen LogP contribution in [0.3, 0.4) is 0 Å². The number of pyridine rings is 1. The minimum atomic E-state index is -1.01. The van der Waals surface area contributed by atoms with Gasteiger partial charge in [0.2, 0.25) is 0 Å². The second kappa shape index (κ2) is 5.99. The molecule has 2 rings (SSSR count). The number of nitrogens with one attached hydrogen (secondary N) is 1. The molecule has 0 saturated carbocycles. The van der Waals surface area contributed by atoms with Gasteiger partial charge in [0.25, 0.3) is 0 Å². The van der Waals surface area contributed by atoms with Gasteiger partial charge in [-0.3, -0.25) is 4.68 Å². The number of aromatic carboxylic acids is 1. The summed E-state index contributed by atoms with van der Waals surface area (Å²) in [5.41, 5.74) is 1.24. The molecule has 2 heterocycles. The number of hydrogen-bond acceptors (Lipinski definition) is 4. The van der Waals surface area contributed by atoms with E-state index in [0.29, 0.717) is 5.82 Å². The van der Waals surface area contributed by atoms with Crippen LogP contribution in [0.5, 0.6) is 0 Å². The van der Waals surface area contributed by atoms with Crippen molar-refractivity contribution in [1.82, 2.24) is 14.8 Å². The van der Waals surface area contributed by atoms with Crippen molar-refractivity contribution >= 4 is 11.8 Å². The minimum absolute atomic E-state index is 0.0530. The molecule has 2 aromatic heterocycles. The molecule has 0 unspecified atom stereocenters. The molecule has 2 aromatic rings. The Bertz CT molecular complexity index is 565. The van der Waals surface area contributed by atoms with Crippen LogP contribution in [-0.4, -0.2) is 32.4 Å². The van der Waals surface area contributed by atoms with E-state index in [2.05, 4.69) is 15.4 Å². The van der Waals surface area contributed by atoms with Crippen molar-refractivity contribution in [2.24, 2.45) is 7.05 Å². The fourth-order valence-electron chi connectivity index (χ4n) is 1.76. The average Bonchev–Trinajstić information content (AvgIpc) is 2.81. The Morgan fingerprint density at radius 1 is 1.47 bits per heavy atom. The van der Waals surface area contributed by atoms with Gasteiger partial charge in [-0.25, -0.2) is 9.78 Å². The highest BCUT2D eigenvalue weighted by Crippen LogP contribution is 2.06. The number of carboxylic acids is 1. The van der Waals surface area contributed by atoms with E-state index in [9.17, 15) is 4.79 Å². The molecule has 0 bridgehead atoms. The zero-order chi connectivity index (χ0) is 13.7. The highest BCUT2D eigenvalue weighted by molar-refractivity contribution is 5.85. The summed E-state index contributed by atoms with van der Waals surface area (Å²) in [6.45, 7) is 0.741. The average molecular weight is 260 g/mol. The molecule has 6 nitrogen and oxygen atoms in total. The number of rotatable bonds is 6. The van der Waals surface area contributed by atoms with Crippen molar-refractivity contribution in [3.05, 3.63) is 41.9 Å². The fraction of sp³-hybridized carbons (Fsp3) is 0.308. The molecular weight excluding hydrogens is 244 g/mol. The lowest BCUT2D eigenvalue weighted by Gasteiger charge is -2.05. The Morgan fingerprint density at radius 3 is 3.00 bits per heavy atom. The van der Waals surface area contributed by atoms with Gasteiger partial charge in [-0.15, -0.1) is 0 Å². The Labute approximate surface area is 111 Å². The predicted octanol–water partition coefficient (Wildman–Crippen LogP) is 1.56. The van der Waals surface area contributed by atoms with Crippen LogP contribution in [0.4, 0.5) is 5.82 Å². The second-order valence-corrected chi connectivity index (χ2v) is 4.27. The lowest BCUT2D eigenvalue weighted by Crippen LogP contribution is -2.07. The Kier molecular flexibility index (Phi) is 4.12. The standard InChI is InChI=1S/C13H16N4O2/c1-17-9-10(8-15-17)4-3-7-14-12-6-2-5-11(16-12)13(18)19/h2,5-6,8-9H,3-4,7H2,1H3,(H,14,16)(H,18,19). The molecule has 0 spiro atoms. The lowest BCUT2D eigenvalue weighted by atomic mass is 10.2. The molecule has 0 aliphatic heterocycles. The number of carboxylic acid groups (broad SMARTS) is 1. The normalized spacial score (nSPS) is 10.4. The van der Waals surface area contributed by atoms with Crippen molar-refractivity contribution in [3.8, 4) is 0 Å². The van der Waals surface area contributed by atoms with Crippen LogP contribution < -0.4 is 5.32 Å². The number of aromatic nitrogens is 3. The maximum Gasteiger partial charge on any atom is 0.354 e. The first-order valence-corrected chi connectivity index (χ1v) is 6.07. The molecule has 0 atom stereocenters. The zero-order valence-electron chi connectivity index (χ0n) is 10.7. The van der Waals surface area contributed by atoms with Crippen LogP contribution in [0.2, 0.25) is 0 Å². The van der Waals surface area contributed by atoms with Gasteiger partial charge in [-0.1, -0.05) is 6.07 Å². The Morgan fingerprint density at radius 2 is 2.32 bits per heavy atom. The summed E-state index contributed by atoms with van der Waals surface area (Å²) in [4.78, 5) is 14.8. The van der Waals surface area contributed by atoms with Gasteiger partial charge in [0.1, 0.15) is 5.82 Å². The summed E-state index contributed by atoms with van der Waals surface area (Å²) in [6.07, 6.45) is 5.71. The van der Waals surface area contributed by atoms with Gasteiger partial charge < -0.3 is 10.4 Å². The quantitative estimate of drug-likeness (QED) is 0.770. The van der Waals surface area contributed by atoms with Crippen LogP contribution in [0.25, 0.3) is 0 Å². The molecule has 19 heavy (non-hydrogen) atoms. The van der Waals surface area contributed by atoms with E-state index in [1.54, 1.807) is 16.8 Å². The highest BCUT2D eigenvalue weighted by atomic mass is 16.4.